The summed E-state index contributed by atoms with van der Waals surface area (Å²) in [6.45, 7) is 8.96. The summed E-state index contributed by atoms with van der Waals surface area (Å²) >= 11 is 0. The Morgan fingerprint density at radius 2 is 1.85 bits per heavy atom. The van der Waals surface area contributed by atoms with Gasteiger partial charge in [0.25, 0.3) is 0 Å². The molecule has 1 spiro atoms. The molecule has 190 valence electrons. The van der Waals surface area contributed by atoms with Crippen LogP contribution >= 0.6 is 0 Å². The van der Waals surface area contributed by atoms with Crippen LogP contribution in [-0.4, -0.2) is 65.0 Å². The Morgan fingerprint density at radius 1 is 1.21 bits per heavy atom. The molecule has 1 aromatic carbocycles. The number of piperidine rings is 1. The Hall–Kier alpha value is -1.69. The summed E-state index contributed by atoms with van der Waals surface area (Å²) < 4.78 is 58.7. The third kappa shape index (κ3) is 4.98. The molecule has 0 amide bonds. The molecule has 3 aliphatic rings. The van der Waals surface area contributed by atoms with Crippen molar-refractivity contribution in [3.8, 4) is 0 Å². The minimum absolute atomic E-state index is 0.496. The SMILES string of the molecule is CC(C)(C)S(=O)N(OC(=O)C(F)(F)F)[C@@H]1c2cc(N3CCOCC3)ccc2CC12CCNCC2. The Balaban J connectivity index is 1.81. The van der Waals surface area contributed by atoms with Gasteiger partial charge < -0.3 is 19.8 Å². The van der Waals surface area contributed by atoms with Crippen molar-refractivity contribution in [2.75, 3.05) is 44.3 Å². The fourth-order valence-corrected chi connectivity index (χ4v) is 6.32. The Kier molecular flexibility index (Phi) is 7.03. The van der Waals surface area contributed by atoms with Crippen LogP contribution in [0.15, 0.2) is 18.2 Å². The Labute approximate surface area is 200 Å². The molecule has 1 aliphatic carbocycles. The summed E-state index contributed by atoms with van der Waals surface area (Å²) in [5.74, 6) is -2.35. The van der Waals surface area contributed by atoms with Gasteiger partial charge in [-0.15, -0.1) is 0 Å². The third-order valence-corrected chi connectivity index (χ3v) is 8.48. The maximum atomic E-state index is 13.6. The summed E-state index contributed by atoms with van der Waals surface area (Å²) in [6.07, 6.45) is -3.24. The second-order valence-corrected chi connectivity index (χ2v) is 12.3. The molecule has 2 saturated heterocycles. The minimum Gasteiger partial charge on any atom is -0.378 e. The van der Waals surface area contributed by atoms with E-state index in [4.69, 9.17) is 9.57 Å². The molecule has 2 aliphatic heterocycles. The van der Waals surface area contributed by atoms with Crippen LogP contribution in [-0.2, 0) is 31.8 Å². The Morgan fingerprint density at radius 3 is 2.44 bits per heavy atom. The van der Waals surface area contributed by atoms with Gasteiger partial charge in [-0.3, -0.25) is 0 Å². The highest BCUT2D eigenvalue weighted by Crippen LogP contribution is 2.55. The highest BCUT2D eigenvalue weighted by Gasteiger charge is 2.55. The van der Waals surface area contributed by atoms with Crippen molar-refractivity contribution in [2.45, 2.75) is 57.0 Å². The van der Waals surface area contributed by atoms with Crippen molar-refractivity contribution in [3.05, 3.63) is 29.3 Å². The van der Waals surface area contributed by atoms with Crippen LogP contribution in [0.4, 0.5) is 18.9 Å². The lowest BCUT2D eigenvalue weighted by Gasteiger charge is -2.44. The molecule has 2 atom stereocenters. The number of carbonyl (C=O) groups is 1. The first-order valence-electron chi connectivity index (χ1n) is 11.6. The van der Waals surface area contributed by atoms with E-state index in [2.05, 4.69) is 10.2 Å². The van der Waals surface area contributed by atoms with Crippen molar-refractivity contribution in [1.29, 1.82) is 0 Å². The van der Waals surface area contributed by atoms with E-state index in [1.165, 1.54) is 0 Å². The zero-order chi connectivity index (χ0) is 24.7. The number of hydrogen-bond acceptors (Lipinski definition) is 6. The largest absolute Gasteiger partial charge is 0.492 e. The first-order valence-corrected chi connectivity index (χ1v) is 12.7. The van der Waals surface area contributed by atoms with Crippen molar-refractivity contribution in [1.82, 2.24) is 9.79 Å². The fourth-order valence-electron chi connectivity index (χ4n) is 5.12. The number of morpholine rings is 1. The van der Waals surface area contributed by atoms with Gasteiger partial charge in [0.15, 0.2) is 0 Å². The lowest BCUT2D eigenvalue weighted by molar-refractivity contribution is -0.231. The molecule has 1 N–H and O–H groups in total. The number of carbonyl (C=O) groups excluding carboxylic acids is 1. The molecule has 4 rings (SSSR count). The summed E-state index contributed by atoms with van der Waals surface area (Å²) in [6, 6.07) is 5.25. The van der Waals surface area contributed by atoms with Gasteiger partial charge in [0.2, 0.25) is 0 Å². The van der Waals surface area contributed by atoms with Crippen molar-refractivity contribution in [2.24, 2.45) is 5.41 Å². The number of nitrogens with zero attached hydrogens (tertiary/aromatic N) is 2. The van der Waals surface area contributed by atoms with E-state index in [1.807, 2.05) is 18.2 Å². The fraction of sp³-hybridized carbons (Fsp3) is 0.696. The first kappa shape index (κ1) is 25.4. The maximum Gasteiger partial charge on any atom is 0.492 e. The summed E-state index contributed by atoms with van der Waals surface area (Å²) in [5.41, 5.74) is 2.20. The molecule has 2 heterocycles. The lowest BCUT2D eigenvalue weighted by atomic mass is 9.73. The van der Waals surface area contributed by atoms with E-state index in [1.54, 1.807) is 20.8 Å². The molecule has 2 fully saturated rings. The van der Waals surface area contributed by atoms with Crippen LogP contribution in [0.2, 0.25) is 0 Å². The molecule has 11 heteroatoms. The summed E-state index contributed by atoms with van der Waals surface area (Å²) in [5, 5.41) is 3.31. The van der Waals surface area contributed by atoms with Crippen LogP contribution in [0.3, 0.4) is 0 Å². The zero-order valence-corrected chi connectivity index (χ0v) is 20.6. The number of fused-ring (bicyclic) bond motifs is 1. The number of alkyl halides is 3. The lowest BCUT2D eigenvalue weighted by Crippen LogP contribution is -2.50. The van der Waals surface area contributed by atoms with E-state index in [-0.39, 0.29) is 0 Å². The molecular formula is C23H32F3N3O4S. The minimum atomic E-state index is -5.20. The molecule has 1 aromatic rings. The molecular weight excluding hydrogens is 471 g/mol. The number of benzene rings is 1. The average molecular weight is 504 g/mol. The predicted molar refractivity (Wildman–Crippen MR) is 122 cm³/mol. The molecule has 0 radical (unpaired) electrons. The number of ether oxygens (including phenoxy) is 1. The smallest absolute Gasteiger partial charge is 0.378 e. The van der Waals surface area contributed by atoms with Crippen LogP contribution in [0.1, 0.15) is 50.8 Å². The standard InChI is InChI=1S/C23H32F3N3O4S/c1-21(2,3)34(31)29(33-20(30)23(24,25)26)19-18-14-17(28-10-12-32-13-11-28)5-4-16(18)15-22(19)6-8-27-9-7-22/h4-5,14,19,27H,6-13,15H2,1-3H3/t19-,34?/m1/s1. The number of halogens is 3. The molecule has 0 aromatic heterocycles. The second kappa shape index (κ2) is 9.40. The normalized spacial score (nSPS) is 23.7. The van der Waals surface area contributed by atoms with Crippen LogP contribution in [0.5, 0.6) is 0 Å². The van der Waals surface area contributed by atoms with E-state index in [0.717, 1.165) is 21.3 Å². The monoisotopic (exact) mass is 503 g/mol. The van der Waals surface area contributed by atoms with Gasteiger partial charge in [0, 0.05) is 24.2 Å². The number of rotatable bonds is 4. The highest BCUT2D eigenvalue weighted by molar-refractivity contribution is 7.83. The van der Waals surface area contributed by atoms with Gasteiger partial charge >= 0.3 is 12.1 Å². The molecule has 0 saturated carbocycles. The van der Waals surface area contributed by atoms with Crippen molar-refractivity contribution >= 4 is 22.6 Å². The molecule has 34 heavy (non-hydrogen) atoms. The van der Waals surface area contributed by atoms with Gasteiger partial charge in [0.1, 0.15) is 11.0 Å². The van der Waals surface area contributed by atoms with E-state index < -0.39 is 39.3 Å². The van der Waals surface area contributed by atoms with Gasteiger partial charge in [-0.1, -0.05) is 6.07 Å². The maximum absolute atomic E-state index is 13.6. The van der Waals surface area contributed by atoms with Crippen molar-refractivity contribution < 1.29 is 31.7 Å². The summed E-state index contributed by atoms with van der Waals surface area (Å²) in [4.78, 5) is 19.1. The van der Waals surface area contributed by atoms with Crippen molar-refractivity contribution in [3.63, 3.8) is 0 Å². The van der Waals surface area contributed by atoms with Crippen LogP contribution in [0.25, 0.3) is 0 Å². The zero-order valence-electron chi connectivity index (χ0n) is 19.7. The van der Waals surface area contributed by atoms with E-state index in [0.29, 0.717) is 58.7 Å². The quantitative estimate of drug-likeness (QED) is 0.636. The number of nitrogens with one attached hydrogen (secondary N) is 1. The first-order chi connectivity index (χ1) is 15.9. The number of anilines is 1. The highest BCUT2D eigenvalue weighted by atomic mass is 32.2. The molecule has 7 nitrogen and oxygen atoms in total. The van der Waals surface area contributed by atoms with Gasteiger partial charge in [0.05, 0.1) is 24.0 Å². The topological polar surface area (TPSA) is 71.1 Å². The number of hydrogen-bond donors (Lipinski definition) is 1. The van der Waals surface area contributed by atoms with Crippen LogP contribution < -0.4 is 10.2 Å². The number of hydroxylamine groups is 1. The molecule has 1 unspecified atom stereocenters. The van der Waals surface area contributed by atoms with E-state index in [9.17, 15) is 22.2 Å². The van der Waals surface area contributed by atoms with Gasteiger partial charge in [-0.05, 0) is 80.9 Å². The average Bonchev–Trinajstić information content (AvgIpc) is 3.08. The van der Waals surface area contributed by atoms with E-state index >= 15 is 0 Å². The third-order valence-electron chi connectivity index (χ3n) is 6.82. The summed E-state index contributed by atoms with van der Waals surface area (Å²) in [7, 11) is -2.03. The Bertz CT molecular complexity index is 938. The second-order valence-electron chi connectivity index (χ2n) is 10.2. The molecule has 0 bridgehead atoms. The predicted octanol–water partition coefficient (Wildman–Crippen LogP) is 3.27. The van der Waals surface area contributed by atoms with Crippen LogP contribution in [0, 0.1) is 5.41 Å². The van der Waals surface area contributed by atoms with Gasteiger partial charge in [-0.2, -0.15) is 13.2 Å². The van der Waals surface area contributed by atoms with Gasteiger partial charge in [-0.25, -0.2) is 9.00 Å².